The maximum atomic E-state index is 5.48. The summed E-state index contributed by atoms with van der Waals surface area (Å²) in [5.74, 6) is 1.72. The highest BCUT2D eigenvalue weighted by molar-refractivity contribution is 7.71. The normalized spacial score (nSPS) is 21.6. The molecule has 1 aromatic rings. The number of rotatable bonds is 4. The number of anilines is 1. The lowest BCUT2D eigenvalue weighted by molar-refractivity contribution is 0.0684. The molecule has 1 aromatic heterocycles. The van der Waals surface area contributed by atoms with E-state index in [-0.39, 0.29) is 0 Å². The van der Waals surface area contributed by atoms with E-state index in [2.05, 4.69) is 26.7 Å². The lowest BCUT2D eigenvalue weighted by atomic mass is 9.95. The van der Waals surface area contributed by atoms with Crippen LogP contribution in [0.25, 0.3) is 0 Å². The van der Waals surface area contributed by atoms with Crippen LogP contribution < -0.4 is 4.90 Å². The summed E-state index contributed by atoms with van der Waals surface area (Å²) >= 11 is 5.48. The highest BCUT2D eigenvalue weighted by Gasteiger charge is 2.23. The minimum atomic E-state index is 0.525. The fourth-order valence-electron chi connectivity index (χ4n) is 3.63. The molecule has 1 aliphatic carbocycles. The van der Waals surface area contributed by atoms with Crippen LogP contribution >= 0.6 is 12.2 Å². The number of aromatic nitrogens is 3. The molecule has 0 radical (unpaired) electrons. The molecule has 2 fully saturated rings. The molecule has 21 heavy (non-hydrogen) atoms. The van der Waals surface area contributed by atoms with Crippen LogP contribution in [-0.4, -0.2) is 41.6 Å². The SMILES string of the molecule is CN(CC1CCOCC1)c1n[nH]c(=S)n1C1CCCCC1. The van der Waals surface area contributed by atoms with Crippen molar-refractivity contribution >= 4 is 18.2 Å². The number of hydrogen-bond donors (Lipinski definition) is 1. The first-order valence-electron chi connectivity index (χ1n) is 8.21. The lowest BCUT2D eigenvalue weighted by Crippen LogP contribution is -2.32. The molecule has 3 rings (SSSR count). The van der Waals surface area contributed by atoms with Crippen molar-refractivity contribution in [3.8, 4) is 0 Å². The van der Waals surface area contributed by atoms with Gasteiger partial charge < -0.3 is 9.64 Å². The summed E-state index contributed by atoms with van der Waals surface area (Å²) < 4.78 is 8.48. The van der Waals surface area contributed by atoms with Crippen molar-refractivity contribution in [2.24, 2.45) is 5.92 Å². The van der Waals surface area contributed by atoms with Gasteiger partial charge in [-0.25, -0.2) is 5.10 Å². The predicted octanol–water partition coefficient (Wildman–Crippen LogP) is 3.31. The van der Waals surface area contributed by atoms with Crippen LogP contribution in [0.2, 0.25) is 0 Å². The van der Waals surface area contributed by atoms with Crippen LogP contribution in [-0.2, 0) is 4.74 Å². The van der Waals surface area contributed by atoms with Crippen molar-refractivity contribution in [3.63, 3.8) is 0 Å². The Morgan fingerprint density at radius 1 is 1.24 bits per heavy atom. The standard InChI is InChI=1S/C15H26N4OS/c1-18(11-12-7-9-20-10-8-12)14-16-17-15(21)19(14)13-5-3-2-4-6-13/h12-13H,2-11H2,1H3,(H,17,21). The second-order valence-corrected chi connectivity index (χ2v) is 6.81. The Bertz CT molecular complexity index is 500. The second-order valence-electron chi connectivity index (χ2n) is 6.43. The molecule has 5 nitrogen and oxygen atoms in total. The van der Waals surface area contributed by atoms with Crippen molar-refractivity contribution in [2.45, 2.75) is 51.0 Å². The Kier molecular flexibility index (Phi) is 4.95. The average Bonchev–Trinajstić information content (AvgIpc) is 2.91. The molecule has 1 saturated carbocycles. The van der Waals surface area contributed by atoms with Gasteiger partial charge in [0.1, 0.15) is 0 Å². The largest absolute Gasteiger partial charge is 0.381 e. The van der Waals surface area contributed by atoms with Gasteiger partial charge in [0.25, 0.3) is 0 Å². The molecular formula is C15H26N4OS. The van der Waals surface area contributed by atoms with E-state index in [1.54, 1.807) is 0 Å². The molecule has 2 heterocycles. The summed E-state index contributed by atoms with van der Waals surface area (Å²) in [6.45, 7) is 2.83. The molecule has 1 saturated heterocycles. The second kappa shape index (κ2) is 6.92. The number of nitrogens with zero attached hydrogens (tertiary/aromatic N) is 3. The number of hydrogen-bond acceptors (Lipinski definition) is 4. The van der Waals surface area contributed by atoms with E-state index >= 15 is 0 Å². The number of ether oxygens (including phenoxy) is 1. The molecule has 118 valence electrons. The van der Waals surface area contributed by atoms with Crippen molar-refractivity contribution in [2.75, 3.05) is 31.7 Å². The number of aromatic amines is 1. The molecule has 0 unspecified atom stereocenters. The van der Waals surface area contributed by atoms with Crippen molar-refractivity contribution in [1.29, 1.82) is 0 Å². The van der Waals surface area contributed by atoms with Gasteiger partial charge >= 0.3 is 0 Å². The van der Waals surface area contributed by atoms with Crippen LogP contribution in [0, 0.1) is 10.7 Å². The third-order valence-electron chi connectivity index (χ3n) is 4.84. The molecular weight excluding hydrogens is 284 g/mol. The smallest absolute Gasteiger partial charge is 0.225 e. The van der Waals surface area contributed by atoms with E-state index in [9.17, 15) is 0 Å². The van der Waals surface area contributed by atoms with Gasteiger partial charge in [-0.2, -0.15) is 0 Å². The van der Waals surface area contributed by atoms with Gasteiger partial charge in [0.2, 0.25) is 5.95 Å². The molecule has 0 amide bonds. The van der Waals surface area contributed by atoms with Gasteiger partial charge in [0.15, 0.2) is 4.77 Å². The predicted molar refractivity (Wildman–Crippen MR) is 86.3 cm³/mol. The molecule has 1 N–H and O–H groups in total. The topological polar surface area (TPSA) is 46.1 Å². The summed E-state index contributed by atoms with van der Waals surface area (Å²) in [6, 6.07) is 0.525. The number of nitrogens with one attached hydrogen (secondary N) is 1. The van der Waals surface area contributed by atoms with E-state index in [4.69, 9.17) is 17.0 Å². The highest BCUT2D eigenvalue weighted by Crippen LogP contribution is 2.31. The van der Waals surface area contributed by atoms with Crippen LogP contribution in [0.1, 0.15) is 51.0 Å². The van der Waals surface area contributed by atoms with Crippen LogP contribution in [0.5, 0.6) is 0 Å². The zero-order valence-corrected chi connectivity index (χ0v) is 13.7. The fourth-order valence-corrected chi connectivity index (χ4v) is 3.91. The van der Waals surface area contributed by atoms with Crippen molar-refractivity contribution in [1.82, 2.24) is 14.8 Å². The van der Waals surface area contributed by atoms with E-state index < -0.39 is 0 Å². The van der Waals surface area contributed by atoms with Gasteiger partial charge in [-0.1, -0.05) is 19.3 Å². The van der Waals surface area contributed by atoms with Crippen molar-refractivity contribution < 1.29 is 4.74 Å². The van der Waals surface area contributed by atoms with Gasteiger partial charge in [-0.05, 0) is 43.8 Å². The van der Waals surface area contributed by atoms with Gasteiger partial charge in [-0.15, -0.1) is 5.10 Å². The minimum Gasteiger partial charge on any atom is -0.381 e. The Morgan fingerprint density at radius 3 is 2.67 bits per heavy atom. The van der Waals surface area contributed by atoms with Gasteiger partial charge in [0, 0.05) is 32.8 Å². The Labute approximate surface area is 131 Å². The lowest BCUT2D eigenvalue weighted by Gasteiger charge is -2.30. The summed E-state index contributed by atoms with van der Waals surface area (Å²) in [5.41, 5.74) is 0. The van der Waals surface area contributed by atoms with E-state index in [0.29, 0.717) is 12.0 Å². The first-order valence-corrected chi connectivity index (χ1v) is 8.62. The van der Waals surface area contributed by atoms with Crippen LogP contribution in [0.3, 0.4) is 0 Å². The van der Waals surface area contributed by atoms with Crippen LogP contribution in [0.15, 0.2) is 0 Å². The molecule has 6 heteroatoms. The quantitative estimate of drug-likeness (QED) is 0.867. The molecule has 0 aromatic carbocycles. The van der Waals surface area contributed by atoms with Gasteiger partial charge in [0.05, 0.1) is 0 Å². The van der Waals surface area contributed by atoms with Crippen molar-refractivity contribution in [3.05, 3.63) is 4.77 Å². The maximum absolute atomic E-state index is 5.48. The Morgan fingerprint density at radius 2 is 1.95 bits per heavy atom. The minimum absolute atomic E-state index is 0.525. The molecule has 0 spiro atoms. The van der Waals surface area contributed by atoms with Gasteiger partial charge in [-0.3, -0.25) is 4.57 Å². The molecule has 2 aliphatic rings. The fraction of sp³-hybridized carbons (Fsp3) is 0.867. The summed E-state index contributed by atoms with van der Waals surface area (Å²) in [4.78, 5) is 2.27. The maximum Gasteiger partial charge on any atom is 0.225 e. The number of H-pyrrole nitrogens is 1. The zero-order chi connectivity index (χ0) is 14.7. The average molecular weight is 310 g/mol. The van der Waals surface area contributed by atoms with E-state index in [0.717, 1.165) is 43.3 Å². The first kappa shape index (κ1) is 15.0. The molecule has 0 bridgehead atoms. The summed E-state index contributed by atoms with van der Waals surface area (Å²) in [5, 5.41) is 7.50. The third-order valence-corrected chi connectivity index (χ3v) is 5.13. The first-order chi connectivity index (χ1) is 10.3. The van der Waals surface area contributed by atoms with E-state index in [1.165, 1.54) is 32.1 Å². The summed E-state index contributed by atoms with van der Waals surface area (Å²) in [6.07, 6.45) is 8.73. The highest BCUT2D eigenvalue weighted by atomic mass is 32.1. The molecule has 1 aliphatic heterocycles. The third kappa shape index (κ3) is 3.48. The van der Waals surface area contributed by atoms with E-state index in [1.807, 2.05) is 0 Å². The summed E-state index contributed by atoms with van der Waals surface area (Å²) in [7, 11) is 2.14. The molecule has 0 atom stereocenters. The zero-order valence-electron chi connectivity index (χ0n) is 12.9. The Balaban J connectivity index is 1.73. The Hall–Kier alpha value is -0.880. The monoisotopic (exact) mass is 310 g/mol. The van der Waals surface area contributed by atoms with Crippen LogP contribution in [0.4, 0.5) is 5.95 Å².